The lowest BCUT2D eigenvalue weighted by molar-refractivity contribution is 0.0624. The molecule has 1 atom stereocenters. The van der Waals surface area contributed by atoms with E-state index in [1.165, 1.54) is 24.3 Å². The Labute approximate surface area is 165 Å². The van der Waals surface area contributed by atoms with Crippen LogP contribution in [0.15, 0.2) is 53.4 Å². The highest BCUT2D eigenvalue weighted by molar-refractivity contribution is 7.92. The summed E-state index contributed by atoms with van der Waals surface area (Å²) in [6.07, 6.45) is 1.80. The van der Waals surface area contributed by atoms with Crippen LogP contribution in [-0.2, 0) is 14.8 Å². The Balaban J connectivity index is 1.64. The van der Waals surface area contributed by atoms with E-state index in [0.717, 1.165) is 19.4 Å². The van der Waals surface area contributed by atoms with Gasteiger partial charge in [-0.2, -0.15) is 0 Å². The molecular formula is C20H24N2O5S. The normalized spacial score (nSPS) is 17.0. The predicted molar refractivity (Wildman–Crippen MR) is 106 cm³/mol. The fourth-order valence-electron chi connectivity index (χ4n) is 2.91. The Kier molecular flexibility index (Phi) is 6.53. The van der Waals surface area contributed by atoms with Crippen molar-refractivity contribution < 1.29 is 22.7 Å². The van der Waals surface area contributed by atoms with Crippen molar-refractivity contribution in [3.63, 3.8) is 0 Å². The van der Waals surface area contributed by atoms with Gasteiger partial charge in [0.05, 0.1) is 24.2 Å². The summed E-state index contributed by atoms with van der Waals surface area (Å²) in [5.74, 6) is 0.433. The van der Waals surface area contributed by atoms with Gasteiger partial charge in [0.25, 0.3) is 15.9 Å². The van der Waals surface area contributed by atoms with Crippen molar-refractivity contribution in [2.45, 2.75) is 30.7 Å². The molecule has 0 bridgehead atoms. The molecule has 150 valence electrons. The summed E-state index contributed by atoms with van der Waals surface area (Å²) in [5.41, 5.74) is 0.841. The van der Waals surface area contributed by atoms with Crippen LogP contribution in [0, 0.1) is 0 Å². The van der Waals surface area contributed by atoms with Crippen molar-refractivity contribution in [2.24, 2.45) is 0 Å². The number of sulfonamides is 1. The molecule has 1 fully saturated rings. The molecule has 1 amide bonds. The monoisotopic (exact) mass is 404 g/mol. The number of hydrogen-bond acceptors (Lipinski definition) is 5. The smallest absolute Gasteiger partial charge is 0.261 e. The summed E-state index contributed by atoms with van der Waals surface area (Å²) in [4.78, 5) is 12.4. The summed E-state index contributed by atoms with van der Waals surface area (Å²) in [6, 6.07) is 12.5. The van der Waals surface area contributed by atoms with Crippen LogP contribution in [0.5, 0.6) is 5.75 Å². The molecule has 1 saturated heterocycles. The van der Waals surface area contributed by atoms with Crippen LogP contribution in [-0.4, -0.2) is 40.2 Å². The van der Waals surface area contributed by atoms with Gasteiger partial charge in [0.2, 0.25) is 0 Å². The van der Waals surface area contributed by atoms with E-state index in [1.54, 1.807) is 24.3 Å². The van der Waals surface area contributed by atoms with Gasteiger partial charge < -0.3 is 14.8 Å². The lowest BCUT2D eigenvalue weighted by Crippen LogP contribution is -2.40. The van der Waals surface area contributed by atoms with E-state index >= 15 is 0 Å². The lowest BCUT2D eigenvalue weighted by atomic mass is 10.1. The van der Waals surface area contributed by atoms with Crippen LogP contribution in [0.3, 0.4) is 0 Å². The molecule has 28 heavy (non-hydrogen) atoms. The molecule has 0 saturated carbocycles. The molecule has 2 N–H and O–H groups in total. The largest absolute Gasteiger partial charge is 0.494 e. The molecule has 0 radical (unpaired) electrons. The van der Waals surface area contributed by atoms with E-state index in [0.29, 0.717) is 30.2 Å². The van der Waals surface area contributed by atoms with E-state index in [9.17, 15) is 13.2 Å². The van der Waals surface area contributed by atoms with Gasteiger partial charge in [0.1, 0.15) is 5.75 Å². The standard InChI is InChI=1S/C20H24N2O5S/c1-2-27-18-9-7-16(8-10-18)22-28(24,25)19-11-5-15(6-12-19)20(23)21-17-4-3-13-26-14-17/h5-12,17,22H,2-4,13-14H2,1H3,(H,21,23). The molecule has 8 heteroatoms. The zero-order valence-corrected chi connectivity index (χ0v) is 16.5. The van der Waals surface area contributed by atoms with E-state index in [2.05, 4.69) is 10.0 Å². The van der Waals surface area contributed by atoms with Crippen molar-refractivity contribution in [3.8, 4) is 5.75 Å². The van der Waals surface area contributed by atoms with Crippen molar-refractivity contribution in [1.82, 2.24) is 5.32 Å². The van der Waals surface area contributed by atoms with Crippen molar-refractivity contribution in [2.75, 3.05) is 24.5 Å². The summed E-state index contributed by atoms with van der Waals surface area (Å²) in [6.45, 7) is 3.65. The maximum atomic E-state index is 12.6. The second-order valence-electron chi connectivity index (χ2n) is 6.47. The summed E-state index contributed by atoms with van der Waals surface area (Å²) < 4.78 is 38.3. The molecule has 0 spiro atoms. The second kappa shape index (κ2) is 9.07. The van der Waals surface area contributed by atoms with Crippen molar-refractivity contribution in [1.29, 1.82) is 0 Å². The minimum atomic E-state index is -3.75. The van der Waals surface area contributed by atoms with Gasteiger partial charge in [-0.05, 0) is 68.3 Å². The van der Waals surface area contributed by atoms with E-state index in [1.807, 2.05) is 6.92 Å². The highest BCUT2D eigenvalue weighted by Gasteiger charge is 2.19. The number of nitrogens with one attached hydrogen (secondary N) is 2. The number of ether oxygens (including phenoxy) is 2. The first-order valence-electron chi connectivity index (χ1n) is 9.22. The van der Waals surface area contributed by atoms with Gasteiger partial charge in [-0.25, -0.2) is 8.42 Å². The van der Waals surface area contributed by atoms with Gasteiger partial charge in [-0.1, -0.05) is 0 Å². The van der Waals surface area contributed by atoms with E-state index < -0.39 is 10.0 Å². The van der Waals surface area contributed by atoms with Crippen LogP contribution in [0.1, 0.15) is 30.1 Å². The summed E-state index contributed by atoms with van der Waals surface area (Å²) in [7, 11) is -3.75. The van der Waals surface area contributed by atoms with E-state index in [-0.39, 0.29) is 16.8 Å². The average molecular weight is 404 g/mol. The first-order chi connectivity index (χ1) is 13.5. The van der Waals surface area contributed by atoms with Gasteiger partial charge in [0, 0.05) is 17.9 Å². The molecule has 2 aromatic carbocycles. The molecule has 1 aliphatic heterocycles. The Morgan fingerprint density at radius 2 is 1.86 bits per heavy atom. The lowest BCUT2D eigenvalue weighted by Gasteiger charge is -2.23. The number of amides is 1. The van der Waals surface area contributed by atoms with Gasteiger partial charge >= 0.3 is 0 Å². The van der Waals surface area contributed by atoms with Crippen LogP contribution in [0.2, 0.25) is 0 Å². The number of rotatable bonds is 7. The third-order valence-corrected chi connectivity index (χ3v) is 5.74. The molecule has 7 nitrogen and oxygen atoms in total. The number of anilines is 1. The van der Waals surface area contributed by atoms with Crippen LogP contribution in [0.4, 0.5) is 5.69 Å². The highest BCUT2D eigenvalue weighted by atomic mass is 32.2. The molecule has 1 unspecified atom stereocenters. The third kappa shape index (κ3) is 5.24. The Morgan fingerprint density at radius 1 is 1.14 bits per heavy atom. The quantitative estimate of drug-likeness (QED) is 0.740. The first kappa shape index (κ1) is 20.2. The fourth-order valence-corrected chi connectivity index (χ4v) is 3.97. The molecular weight excluding hydrogens is 380 g/mol. The minimum absolute atomic E-state index is 0.00835. The SMILES string of the molecule is CCOc1ccc(NS(=O)(=O)c2ccc(C(=O)NC3CCCOC3)cc2)cc1. The van der Waals surface area contributed by atoms with Crippen LogP contribution in [0.25, 0.3) is 0 Å². The molecule has 1 aliphatic rings. The van der Waals surface area contributed by atoms with Crippen molar-refractivity contribution in [3.05, 3.63) is 54.1 Å². The fraction of sp³-hybridized carbons (Fsp3) is 0.350. The Morgan fingerprint density at radius 3 is 2.46 bits per heavy atom. The Hall–Kier alpha value is -2.58. The zero-order valence-electron chi connectivity index (χ0n) is 15.7. The van der Waals surface area contributed by atoms with Crippen LogP contribution < -0.4 is 14.8 Å². The first-order valence-corrected chi connectivity index (χ1v) is 10.7. The van der Waals surface area contributed by atoms with Crippen LogP contribution >= 0.6 is 0 Å². The highest BCUT2D eigenvalue weighted by Crippen LogP contribution is 2.20. The molecule has 0 aliphatic carbocycles. The zero-order chi connectivity index (χ0) is 20.0. The number of hydrogen-bond donors (Lipinski definition) is 2. The third-order valence-electron chi connectivity index (χ3n) is 4.34. The molecule has 0 aromatic heterocycles. The summed E-state index contributed by atoms with van der Waals surface area (Å²) in [5, 5.41) is 2.91. The average Bonchev–Trinajstić information content (AvgIpc) is 2.70. The second-order valence-corrected chi connectivity index (χ2v) is 8.16. The summed E-state index contributed by atoms with van der Waals surface area (Å²) >= 11 is 0. The van der Waals surface area contributed by atoms with Crippen molar-refractivity contribution >= 4 is 21.6 Å². The van der Waals surface area contributed by atoms with Gasteiger partial charge in [0.15, 0.2) is 0 Å². The predicted octanol–water partition coefficient (Wildman–Crippen LogP) is 2.79. The van der Waals surface area contributed by atoms with E-state index in [4.69, 9.17) is 9.47 Å². The number of carbonyl (C=O) groups is 1. The Bertz CT molecular complexity index is 889. The van der Waals surface area contributed by atoms with Gasteiger partial charge in [-0.3, -0.25) is 9.52 Å². The molecule has 1 heterocycles. The van der Waals surface area contributed by atoms with Gasteiger partial charge in [-0.15, -0.1) is 0 Å². The molecule has 2 aromatic rings. The maximum Gasteiger partial charge on any atom is 0.261 e. The topological polar surface area (TPSA) is 93.7 Å². The number of carbonyl (C=O) groups excluding carboxylic acids is 1. The number of benzene rings is 2. The minimum Gasteiger partial charge on any atom is -0.494 e. The molecule has 3 rings (SSSR count). The maximum absolute atomic E-state index is 12.6.